The van der Waals surface area contributed by atoms with Crippen molar-refractivity contribution in [1.29, 1.82) is 0 Å². The molecule has 2 heterocycles. The monoisotopic (exact) mass is 235 g/mol. The number of rotatable bonds is 2. The molecule has 5 heteroatoms. The predicted octanol–water partition coefficient (Wildman–Crippen LogP) is 1.61. The second-order valence-electron chi connectivity index (χ2n) is 3.67. The fourth-order valence-electron chi connectivity index (χ4n) is 1.48. The van der Waals surface area contributed by atoms with E-state index >= 15 is 0 Å². The van der Waals surface area contributed by atoms with Gasteiger partial charge >= 0.3 is 0 Å². The Morgan fingerprint density at radius 1 is 1.69 bits per heavy atom. The summed E-state index contributed by atoms with van der Waals surface area (Å²) in [5.74, 6) is 3.12. The minimum atomic E-state index is -1.03. The highest BCUT2D eigenvalue weighted by Crippen LogP contribution is 2.44. The maximum Gasteiger partial charge on any atom is 0.164 e. The maximum atomic E-state index is 9.84. The molecule has 84 valence electrons. The van der Waals surface area contributed by atoms with Crippen LogP contribution in [0, 0.1) is 12.3 Å². The number of fused-ring (bicyclic) bond motifs is 1. The van der Waals surface area contributed by atoms with E-state index in [0.29, 0.717) is 0 Å². The number of aromatic nitrogens is 2. The van der Waals surface area contributed by atoms with Gasteiger partial charge in [-0.3, -0.25) is 3.97 Å². The highest BCUT2D eigenvalue weighted by Gasteiger charge is 2.26. The molecule has 2 unspecified atom stereocenters. The lowest BCUT2D eigenvalue weighted by Crippen LogP contribution is -2.13. The summed E-state index contributed by atoms with van der Waals surface area (Å²) in [5.41, 5.74) is 0.314. The second kappa shape index (κ2) is 4.16. The Balaban J connectivity index is 2.44. The Bertz CT molecular complexity index is 506. The van der Waals surface area contributed by atoms with Crippen LogP contribution in [0.5, 0.6) is 0 Å². The zero-order valence-corrected chi connectivity index (χ0v) is 10.0. The molecular formula is C11H13N3OS. The summed E-state index contributed by atoms with van der Waals surface area (Å²) < 4.78 is 1.86. The molecule has 0 amide bonds. The number of nitrogens with zero attached hydrogens (tertiary/aromatic N) is 3. The van der Waals surface area contributed by atoms with Crippen molar-refractivity contribution in [3.8, 4) is 12.3 Å². The number of imidazole rings is 1. The van der Waals surface area contributed by atoms with Crippen LogP contribution in [0.2, 0.25) is 0 Å². The lowest BCUT2D eigenvalue weighted by atomic mass is 10.3. The van der Waals surface area contributed by atoms with E-state index < -0.39 is 16.5 Å². The number of hydrogen-bond donors (Lipinski definition) is 2. The molecule has 16 heavy (non-hydrogen) atoms. The van der Waals surface area contributed by atoms with Gasteiger partial charge in [-0.15, -0.1) is 6.42 Å². The molecule has 2 atom stereocenters. The summed E-state index contributed by atoms with van der Waals surface area (Å²) in [5, 5.41) is 10.7. The van der Waals surface area contributed by atoms with Crippen LogP contribution in [-0.2, 0) is 0 Å². The van der Waals surface area contributed by atoms with Gasteiger partial charge in [-0.2, -0.15) is 0 Å². The van der Waals surface area contributed by atoms with Crippen LogP contribution in [0.1, 0.15) is 13.8 Å². The molecule has 0 saturated carbocycles. The van der Waals surface area contributed by atoms with E-state index in [1.807, 2.05) is 23.9 Å². The Hall–Kier alpha value is -1.51. The number of thiol groups is 1. The average Bonchev–Trinajstić information content (AvgIpc) is 2.75. The van der Waals surface area contributed by atoms with E-state index in [-0.39, 0.29) is 0 Å². The second-order valence-corrected chi connectivity index (χ2v) is 5.74. The lowest BCUT2D eigenvalue weighted by molar-refractivity contribution is 0.317. The van der Waals surface area contributed by atoms with Crippen LogP contribution in [0.25, 0.3) is 0 Å². The van der Waals surface area contributed by atoms with Gasteiger partial charge in [0.15, 0.2) is 11.3 Å². The predicted molar refractivity (Wildman–Crippen MR) is 68.0 cm³/mol. The molecule has 1 aliphatic rings. The summed E-state index contributed by atoms with van der Waals surface area (Å²) in [6.45, 7) is 3.98. The van der Waals surface area contributed by atoms with E-state index in [2.05, 4.69) is 15.9 Å². The highest BCUT2D eigenvalue weighted by atomic mass is 32.2. The van der Waals surface area contributed by atoms with Gasteiger partial charge in [0.05, 0.1) is 11.2 Å². The third kappa shape index (κ3) is 1.77. The van der Waals surface area contributed by atoms with Gasteiger partial charge in [-0.05, 0) is 19.9 Å². The van der Waals surface area contributed by atoms with Crippen molar-refractivity contribution in [3.63, 3.8) is 0 Å². The number of terminal acetylenes is 1. The third-order valence-electron chi connectivity index (χ3n) is 2.10. The van der Waals surface area contributed by atoms with Crippen molar-refractivity contribution >= 4 is 21.9 Å². The minimum absolute atomic E-state index is 0.757. The number of aliphatic imine (C=N–C) groups is 1. The summed E-state index contributed by atoms with van der Waals surface area (Å²) in [7, 11) is 0. The fourth-order valence-corrected chi connectivity index (χ4v) is 3.41. The van der Waals surface area contributed by atoms with Gasteiger partial charge in [0.1, 0.15) is 6.33 Å². The van der Waals surface area contributed by atoms with Crippen molar-refractivity contribution in [2.75, 3.05) is 0 Å². The van der Waals surface area contributed by atoms with E-state index in [9.17, 15) is 5.11 Å². The van der Waals surface area contributed by atoms with Crippen LogP contribution in [0.3, 0.4) is 0 Å². The van der Waals surface area contributed by atoms with Gasteiger partial charge in [-0.1, -0.05) is 22.6 Å². The number of aliphatic hydroxyl groups excluding tert-OH is 1. The van der Waals surface area contributed by atoms with E-state index in [4.69, 9.17) is 6.42 Å². The van der Waals surface area contributed by atoms with Crippen molar-refractivity contribution in [1.82, 2.24) is 8.96 Å². The highest BCUT2D eigenvalue weighted by molar-refractivity contribution is 8.30. The first-order valence-electron chi connectivity index (χ1n) is 4.83. The van der Waals surface area contributed by atoms with Gasteiger partial charge in [-0.25, -0.2) is 9.98 Å². The molecule has 1 aromatic heterocycles. The quantitative estimate of drug-likeness (QED) is 0.604. The van der Waals surface area contributed by atoms with Crippen LogP contribution in [0.4, 0.5) is 5.82 Å². The first-order valence-corrected chi connectivity index (χ1v) is 6.19. The van der Waals surface area contributed by atoms with Gasteiger partial charge in [0.2, 0.25) is 0 Å². The molecule has 0 saturated heterocycles. The van der Waals surface area contributed by atoms with Gasteiger partial charge in [0, 0.05) is 0 Å². The summed E-state index contributed by atoms with van der Waals surface area (Å²) in [6, 6.07) is 0. The Labute approximate surface area is 97.2 Å². The molecule has 4 nitrogen and oxygen atoms in total. The van der Waals surface area contributed by atoms with Gasteiger partial charge in [0.25, 0.3) is 0 Å². The maximum absolute atomic E-state index is 9.84. The summed E-state index contributed by atoms with van der Waals surface area (Å²) in [4.78, 5) is 8.41. The van der Waals surface area contributed by atoms with E-state index in [0.717, 1.165) is 16.4 Å². The van der Waals surface area contributed by atoms with Crippen molar-refractivity contribution in [2.24, 2.45) is 4.99 Å². The smallest absolute Gasteiger partial charge is 0.164 e. The molecule has 0 fully saturated rings. The molecule has 1 aromatic rings. The third-order valence-corrected chi connectivity index (χ3v) is 4.18. The topological polar surface area (TPSA) is 50.4 Å². The average molecular weight is 235 g/mol. The molecule has 0 spiro atoms. The molecule has 0 radical (unpaired) electrons. The minimum Gasteiger partial charge on any atom is -0.371 e. The zero-order chi connectivity index (χ0) is 11.7. The first-order chi connectivity index (χ1) is 7.63. The van der Waals surface area contributed by atoms with Crippen LogP contribution < -0.4 is 0 Å². The van der Waals surface area contributed by atoms with E-state index in [1.54, 1.807) is 12.5 Å². The van der Waals surface area contributed by atoms with Crippen molar-refractivity contribution in [3.05, 3.63) is 24.2 Å². The lowest BCUT2D eigenvalue weighted by Gasteiger charge is -2.20. The Morgan fingerprint density at radius 3 is 3.06 bits per heavy atom. The SMILES string of the molecule is C#CC(O)[SH]1C(C=C(C)C)=Nc2cncn21. The summed E-state index contributed by atoms with van der Waals surface area (Å²) >= 11 is -1.03. The van der Waals surface area contributed by atoms with Gasteiger partial charge < -0.3 is 5.11 Å². The molecule has 0 bridgehead atoms. The van der Waals surface area contributed by atoms with Crippen LogP contribution >= 0.6 is 11.1 Å². The van der Waals surface area contributed by atoms with Crippen molar-refractivity contribution < 1.29 is 5.11 Å². The zero-order valence-electron chi connectivity index (χ0n) is 9.12. The fraction of sp³-hybridized carbons (Fsp3) is 0.273. The number of aliphatic hydroxyl groups is 1. The molecule has 1 N–H and O–H groups in total. The molecule has 2 rings (SSSR count). The Kier molecular flexibility index (Phi) is 2.86. The Morgan fingerprint density at radius 2 is 2.44 bits per heavy atom. The first kappa shape index (κ1) is 11.0. The molecule has 1 aliphatic heterocycles. The molecule has 0 aromatic carbocycles. The molecule has 0 aliphatic carbocycles. The van der Waals surface area contributed by atoms with Crippen LogP contribution in [0.15, 0.2) is 29.2 Å². The summed E-state index contributed by atoms with van der Waals surface area (Å²) in [6.07, 6.45) is 10.6. The van der Waals surface area contributed by atoms with Crippen LogP contribution in [-0.4, -0.2) is 24.5 Å². The number of allylic oxidation sites excluding steroid dienone is 1. The normalized spacial score (nSPS) is 21.9. The largest absolute Gasteiger partial charge is 0.371 e. The van der Waals surface area contributed by atoms with E-state index in [1.165, 1.54) is 0 Å². The molecular weight excluding hydrogens is 222 g/mol. The number of hydrogen-bond acceptors (Lipinski definition) is 3. The van der Waals surface area contributed by atoms with Crippen molar-refractivity contribution in [2.45, 2.75) is 19.3 Å². The standard InChI is InChI=1S/C11H13N3OS/c1-4-11(15)16-10(5-8(2)3)13-9-6-12-7-14(9)16/h1,5-7,11,15-16H,2-3H3.